The van der Waals surface area contributed by atoms with Crippen LogP contribution in [0, 0.1) is 5.41 Å². The average Bonchev–Trinajstić information content (AvgIpc) is 2.65. The summed E-state index contributed by atoms with van der Waals surface area (Å²) in [6.07, 6.45) is -0.207. The molecule has 1 aliphatic heterocycles. The van der Waals surface area contributed by atoms with E-state index in [0.29, 0.717) is 5.02 Å². The highest BCUT2D eigenvalue weighted by Crippen LogP contribution is 2.43. The second kappa shape index (κ2) is 8.56. The van der Waals surface area contributed by atoms with E-state index in [-0.39, 0.29) is 32.8 Å². The van der Waals surface area contributed by atoms with Crippen LogP contribution in [0.5, 0.6) is 0 Å². The van der Waals surface area contributed by atoms with Gasteiger partial charge in [-0.3, -0.25) is 9.10 Å². The highest BCUT2D eigenvalue weighted by molar-refractivity contribution is 7.96. The molecule has 6 nitrogen and oxygen atoms in total. The minimum absolute atomic E-state index is 0.0105. The predicted molar refractivity (Wildman–Crippen MR) is 112 cm³/mol. The molecule has 30 heavy (non-hydrogen) atoms. The van der Waals surface area contributed by atoms with E-state index in [4.69, 9.17) is 27.9 Å². The zero-order valence-electron chi connectivity index (χ0n) is 16.2. The van der Waals surface area contributed by atoms with Crippen LogP contribution in [-0.4, -0.2) is 33.1 Å². The van der Waals surface area contributed by atoms with Gasteiger partial charge in [-0.15, -0.1) is 0 Å². The van der Waals surface area contributed by atoms with Gasteiger partial charge in [0.15, 0.2) is 28.3 Å². The van der Waals surface area contributed by atoms with Crippen molar-refractivity contribution in [2.45, 2.75) is 27.2 Å². The van der Waals surface area contributed by atoms with Crippen LogP contribution in [0.1, 0.15) is 32.0 Å². The second-order valence-electron chi connectivity index (χ2n) is 7.35. The Morgan fingerprint density at radius 3 is 2.50 bits per heavy atom. The molecule has 0 spiro atoms. The van der Waals surface area contributed by atoms with E-state index in [1.54, 1.807) is 20.8 Å². The molecule has 1 unspecified atom stereocenters. The summed E-state index contributed by atoms with van der Waals surface area (Å²) in [6.45, 7) is 4.06. The van der Waals surface area contributed by atoms with E-state index >= 15 is 0 Å². The first kappa shape index (κ1) is 22.6. The standard InChI is InChI=1S/C19H17Cl2F2N3O3S/c1-19(2,3)18(27)29-15-14-17(25-7-6-24-14)26(9-13(22)23)30(28)16(15)11-5-4-10(20)8-12(11)21/h4-8,13H,9H2,1-3H3. The summed E-state index contributed by atoms with van der Waals surface area (Å²) in [5, 5.41) is 0.434. The molecule has 0 bridgehead atoms. The van der Waals surface area contributed by atoms with Gasteiger partial charge in [0, 0.05) is 23.0 Å². The second-order valence-corrected chi connectivity index (χ2v) is 9.54. The number of esters is 1. The third-order valence-electron chi connectivity index (χ3n) is 4.00. The van der Waals surface area contributed by atoms with Gasteiger partial charge in [0.1, 0.15) is 4.91 Å². The maximum Gasteiger partial charge on any atom is 0.316 e. The highest BCUT2D eigenvalue weighted by atomic mass is 35.5. The number of nitrogens with zero attached hydrogens (tertiary/aromatic N) is 3. The molecule has 11 heteroatoms. The summed E-state index contributed by atoms with van der Waals surface area (Å²) in [5.41, 5.74) is -0.672. The Morgan fingerprint density at radius 2 is 1.90 bits per heavy atom. The molecule has 0 amide bonds. The van der Waals surface area contributed by atoms with Crippen molar-refractivity contribution >= 4 is 56.6 Å². The van der Waals surface area contributed by atoms with E-state index in [1.165, 1.54) is 30.6 Å². The number of hydrogen-bond acceptors (Lipinski definition) is 5. The van der Waals surface area contributed by atoms with Crippen LogP contribution in [0.3, 0.4) is 0 Å². The first-order valence-electron chi connectivity index (χ1n) is 8.71. The van der Waals surface area contributed by atoms with Crippen molar-refractivity contribution in [1.29, 1.82) is 0 Å². The highest BCUT2D eigenvalue weighted by Gasteiger charge is 2.39. The number of hydrogen-bond donors (Lipinski definition) is 0. The summed E-state index contributed by atoms with van der Waals surface area (Å²) >= 11 is 12.3. The zero-order valence-corrected chi connectivity index (χ0v) is 18.5. The number of anilines is 1. The number of ether oxygens (including phenoxy) is 1. The van der Waals surface area contributed by atoms with Crippen molar-refractivity contribution in [2.75, 3.05) is 10.8 Å². The Kier molecular flexibility index (Phi) is 6.45. The van der Waals surface area contributed by atoms with Gasteiger partial charge in [-0.1, -0.05) is 29.3 Å². The summed E-state index contributed by atoms with van der Waals surface area (Å²) in [5.74, 6) is -0.858. The Bertz CT molecular complexity index is 1060. The van der Waals surface area contributed by atoms with E-state index in [2.05, 4.69) is 9.97 Å². The monoisotopic (exact) mass is 475 g/mol. The van der Waals surface area contributed by atoms with Crippen molar-refractivity contribution < 1.29 is 22.5 Å². The molecule has 1 atom stereocenters. The molecule has 2 heterocycles. The minimum atomic E-state index is -2.80. The molecule has 0 fully saturated rings. The molecule has 1 aromatic carbocycles. The molecule has 0 saturated heterocycles. The largest absolute Gasteiger partial charge is 0.422 e. The molecule has 0 N–H and O–H groups in total. The smallest absolute Gasteiger partial charge is 0.316 e. The van der Waals surface area contributed by atoms with E-state index in [0.717, 1.165) is 4.31 Å². The fourth-order valence-corrected chi connectivity index (χ4v) is 4.54. The average molecular weight is 476 g/mol. The Balaban J connectivity index is 2.30. The van der Waals surface area contributed by atoms with Crippen LogP contribution >= 0.6 is 23.2 Å². The number of alkyl halides is 2. The maximum atomic E-state index is 13.4. The van der Waals surface area contributed by atoms with Crippen molar-refractivity contribution in [3.05, 3.63) is 51.9 Å². The maximum absolute atomic E-state index is 13.4. The Morgan fingerprint density at radius 1 is 1.23 bits per heavy atom. The summed E-state index contributed by atoms with van der Waals surface area (Å²) in [7, 11) is -2.21. The molecule has 0 saturated carbocycles. The van der Waals surface area contributed by atoms with Crippen LogP contribution in [0.2, 0.25) is 10.0 Å². The van der Waals surface area contributed by atoms with E-state index in [1.807, 2.05) is 0 Å². The molecule has 1 aromatic heterocycles. The predicted octanol–water partition coefficient (Wildman–Crippen LogP) is 4.95. The molecular formula is C19H17Cl2F2N3O3S. The van der Waals surface area contributed by atoms with Gasteiger partial charge in [0.2, 0.25) is 0 Å². The first-order chi connectivity index (χ1) is 14.0. The Labute approximate surface area is 184 Å². The fraction of sp³-hybridized carbons (Fsp3) is 0.316. The van der Waals surface area contributed by atoms with Crippen molar-refractivity contribution in [3.8, 4) is 0 Å². The quantitative estimate of drug-likeness (QED) is 0.585. The SMILES string of the molecule is CC(C)(C)C(=O)OC1=C(c2ccc(Cl)cc2Cl)S(=O)N(CC(F)F)c2nccnc21. The number of fused-ring (bicyclic) bond motifs is 1. The lowest BCUT2D eigenvalue weighted by molar-refractivity contribution is -0.145. The van der Waals surface area contributed by atoms with E-state index < -0.39 is 35.3 Å². The van der Waals surface area contributed by atoms with Crippen molar-refractivity contribution in [1.82, 2.24) is 9.97 Å². The first-order valence-corrected chi connectivity index (χ1v) is 10.6. The van der Waals surface area contributed by atoms with Gasteiger partial charge in [-0.05, 0) is 32.9 Å². The van der Waals surface area contributed by atoms with Gasteiger partial charge < -0.3 is 4.74 Å². The molecule has 3 rings (SSSR count). The van der Waals surface area contributed by atoms with E-state index in [9.17, 15) is 17.8 Å². The normalized spacial score (nSPS) is 16.7. The molecular weight excluding hydrogens is 459 g/mol. The number of carbonyl (C=O) groups excluding carboxylic acids is 1. The Hall–Kier alpha value is -2.10. The number of aromatic nitrogens is 2. The zero-order chi connectivity index (χ0) is 22.2. The van der Waals surface area contributed by atoms with Crippen LogP contribution in [0.4, 0.5) is 14.6 Å². The lowest BCUT2D eigenvalue weighted by atomic mass is 9.97. The lowest BCUT2D eigenvalue weighted by Gasteiger charge is -2.31. The topological polar surface area (TPSA) is 72.4 Å². The molecule has 160 valence electrons. The van der Waals surface area contributed by atoms with Crippen molar-refractivity contribution in [2.24, 2.45) is 5.41 Å². The minimum Gasteiger partial charge on any atom is -0.422 e. The third kappa shape index (κ3) is 4.48. The fourth-order valence-electron chi connectivity index (χ4n) is 2.56. The third-order valence-corrected chi connectivity index (χ3v) is 6.02. The van der Waals surface area contributed by atoms with Crippen LogP contribution in [0.25, 0.3) is 10.7 Å². The van der Waals surface area contributed by atoms with Crippen LogP contribution < -0.4 is 4.31 Å². The van der Waals surface area contributed by atoms with Crippen LogP contribution in [-0.2, 0) is 20.5 Å². The van der Waals surface area contributed by atoms with Gasteiger partial charge in [0.25, 0.3) is 6.43 Å². The molecule has 1 aliphatic rings. The molecule has 0 aliphatic carbocycles. The summed E-state index contributed by atoms with van der Waals surface area (Å²) < 4.78 is 46.4. The summed E-state index contributed by atoms with van der Waals surface area (Å²) in [4.78, 5) is 20.8. The van der Waals surface area contributed by atoms with Crippen molar-refractivity contribution in [3.63, 3.8) is 0 Å². The summed E-state index contributed by atoms with van der Waals surface area (Å²) in [6, 6.07) is 4.39. The molecule has 2 aromatic rings. The number of rotatable bonds is 4. The van der Waals surface area contributed by atoms with Gasteiger partial charge >= 0.3 is 5.97 Å². The lowest BCUT2D eigenvalue weighted by Crippen LogP contribution is -2.36. The van der Waals surface area contributed by atoms with Gasteiger partial charge in [-0.2, -0.15) is 0 Å². The molecule has 0 radical (unpaired) electrons. The van der Waals surface area contributed by atoms with Gasteiger partial charge in [0.05, 0.1) is 17.0 Å². The number of benzene rings is 1. The van der Waals surface area contributed by atoms with Crippen LogP contribution in [0.15, 0.2) is 30.6 Å². The number of carbonyl (C=O) groups is 1. The van der Waals surface area contributed by atoms with Gasteiger partial charge in [-0.25, -0.2) is 23.0 Å². The number of halogens is 4.